The molecule has 0 saturated carbocycles. The lowest BCUT2D eigenvalue weighted by Gasteiger charge is -1.99. The van der Waals surface area contributed by atoms with E-state index in [1.165, 1.54) is 10.3 Å². The van der Waals surface area contributed by atoms with Crippen LogP contribution in [0.25, 0.3) is 10.9 Å². The van der Waals surface area contributed by atoms with Crippen LogP contribution < -0.4 is 0 Å². The summed E-state index contributed by atoms with van der Waals surface area (Å²) in [5.41, 5.74) is 1.12. The van der Waals surface area contributed by atoms with Crippen molar-refractivity contribution >= 4 is 43.7 Å². The molecule has 0 fully saturated rings. The van der Waals surface area contributed by atoms with Gasteiger partial charge in [0.15, 0.2) is 0 Å². The lowest BCUT2D eigenvalue weighted by atomic mass is 10.2. The van der Waals surface area contributed by atoms with Crippen molar-refractivity contribution < 1.29 is 4.52 Å². The van der Waals surface area contributed by atoms with Crippen LogP contribution in [0.15, 0.2) is 29.3 Å². The molecule has 2 rings (SSSR count). The Morgan fingerprint density at radius 3 is 3.13 bits per heavy atom. The third-order valence-electron chi connectivity index (χ3n) is 2.06. The molecule has 1 atom stereocenters. The van der Waals surface area contributed by atoms with Crippen molar-refractivity contribution in [2.45, 2.75) is 4.90 Å². The number of aromatic amines is 1. The van der Waals surface area contributed by atoms with Crippen molar-refractivity contribution in [2.24, 2.45) is 0 Å². The maximum atomic E-state index is 5.96. The molecule has 0 aliphatic carbocycles. The molecule has 0 spiro atoms. The number of aromatic nitrogens is 1. The first-order chi connectivity index (χ1) is 7.31. The van der Waals surface area contributed by atoms with Gasteiger partial charge in [0.05, 0.1) is 6.61 Å². The topological polar surface area (TPSA) is 25.0 Å². The normalized spacial score (nSPS) is 11.1. The van der Waals surface area contributed by atoms with E-state index in [0.717, 1.165) is 22.9 Å². The highest BCUT2D eigenvalue weighted by atomic mass is 35.5. The van der Waals surface area contributed by atoms with Gasteiger partial charge in [-0.2, -0.15) is 0 Å². The van der Waals surface area contributed by atoms with Gasteiger partial charge >= 0.3 is 0 Å². The van der Waals surface area contributed by atoms with Crippen LogP contribution in [0.3, 0.4) is 0 Å². The van der Waals surface area contributed by atoms with Gasteiger partial charge in [0.2, 0.25) is 0 Å². The van der Waals surface area contributed by atoms with Crippen LogP contribution in [0.2, 0.25) is 5.02 Å². The molecule has 0 radical (unpaired) electrons. The first-order valence-electron chi connectivity index (χ1n) is 4.52. The second kappa shape index (κ2) is 5.22. The number of benzene rings is 1. The van der Waals surface area contributed by atoms with Crippen LogP contribution in [-0.2, 0) is 4.52 Å². The maximum absolute atomic E-state index is 5.96. The average molecular weight is 260 g/mol. The highest BCUT2D eigenvalue weighted by molar-refractivity contribution is 7.99. The number of hydrogen-bond donors (Lipinski definition) is 1. The zero-order valence-electron chi connectivity index (χ0n) is 8.00. The number of thioether (sulfide) groups is 1. The Kier molecular flexibility index (Phi) is 3.92. The maximum Gasteiger partial charge on any atom is 0.0596 e. The second-order valence-electron chi connectivity index (χ2n) is 3.06. The summed E-state index contributed by atoms with van der Waals surface area (Å²) in [6.07, 6.45) is 2.01. The van der Waals surface area contributed by atoms with Gasteiger partial charge in [-0.15, -0.1) is 11.8 Å². The Morgan fingerprint density at radius 2 is 2.33 bits per heavy atom. The quantitative estimate of drug-likeness (QED) is 0.514. The van der Waals surface area contributed by atoms with Crippen molar-refractivity contribution in [1.82, 2.24) is 4.98 Å². The Morgan fingerprint density at radius 1 is 1.47 bits per heavy atom. The van der Waals surface area contributed by atoms with Gasteiger partial charge in [0.25, 0.3) is 0 Å². The van der Waals surface area contributed by atoms with Crippen LogP contribution in [0.1, 0.15) is 0 Å². The van der Waals surface area contributed by atoms with Crippen LogP contribution in [0.5, 0.6) is 0 Å². The van der Waals surface area contributed by atoms with Gasteiger partial charge in [-0.05, 0) is 18.2 Å². The molecule has 0 aliphatic rings. The summed E-state index contributed by atoms with van der Waals surface area (Å²) in [5.74, 6) is 0.933. The zero-order chi connectivity index (χ0) is 10.7. The number of fused-ring (bicyclic) bond motifs is 1. The minimum absolute atomic E-state index is 0.725. The van der Waals surface area contributed by atoms with E-state index in [2.05, 4.69) is 14.5 Å². The number of rotatable bonds is 4. The fraction of sp³-hybridized carbons (Fsp3) is 0.200. The minimum atomic E-state index is 0.725. The summed E-state index contributed by atoms with van der Waals surface area (Å²) in [4.78, 5) is 4.43. The molecule has 0 saturated heterocycles. The monoisotopic (exact) mass is 259 g/mol. The molecule has 0 aliphatic heterocycles. The van der Waals surface area contributed by atoms with E-state index in [-0.39, 0.29) is 0 Å². The number of nitrogens with one attached hydrogen (secondary N) is 1. The highest BCUT2D eigenvalue weighted by Crippen LogP contribution is 2.29. The second-order valence-corrected chi connectivity index (χ2v) is 4.97. The molecule has 1 heterocycles. The predicted octanol–water partition coefficient (Wildman–Crippen LogP) is 3.72. The minimum Gasteiger partial charge on any atom is -0.365 e. The first kappa shape index (κ1) is 11.3. The van der Waals surface area contributed by atoms with Crippen LogP contribution >= 0.6 is 32.8 Å². The molecule has 80 valence electrons. The van der Waals surface area contributed by atoms with Crippen LogP contribution in [-0.4, -0.2) is 17.3 Å². The molecular formula is C10H11ClNOPS. The molecule has 1 aromatic carbocycles. The van der Waals surface area contributed by atoms with Gasteiger partial charge < -0.3 is 9.51 Å². The molecular weight excluding hydrogens is 249 g/mol. The number of hydrogen-bond acceptors (Lipinski definition) is 2. The van der Waals surface area contributed by atoms with Crippen LogP contribution in [0, 0.1) is 0 Å². The van der Waals surface area contributed by atoms with E-state index in [4.69, 9.17) is 16.1 Å². The van der Waals surface area contributed by atoms with E-state index >= 15 is 0 Å². The van der Waals surface area contributed by atoms with Crippen molar-refractivity contribution in [2.75, 3.05) is 12.4 Å². The SMILES string of the molecule is POCCSc1c[nH]c2ccc(Cl)cc12. The predicted molar refractivity (Wildman–Crippen MR) is 69.7 cm³/mol. The van der Waals surface area contributed by atoms with Gasteiger partial charge in [-0.25, -0.2) is 0 Å². The molecule has 0 bridgehead atoms. The lowest BCUT2D eigenvalue weighted by molar-refractivity contribution is 0.404. The zero-order valence-corrected chi connectivity index (χ0v) is 10.7. The molecule has 1 unspecified atom stereocenters. The van der Waals surface area contributed by atoms with Gasteiger partial charge in [-0.3, -0.25) is 0 Å². The van der Waals surface area contributed by atoms with E-state index in [1.54, 1.807) is 11.8 Å². The third kappa shape index (κ3) is 2.67. The molecule has 1 aromatic heterocycles. The van der Waals surface area contributed by atoms with Crippen molar-refractivity contribution in [3.8, 4) is 0 Å². The number of H-pyrrole nitrogens is 1. The Labute approximate surface area is 100 Å². The summed E-state index contributed by atoms with van der Waals surface area (Å²) in [7, 11) is 2.26. The third-order valence-corrected chi connectivity index (χ3v) is 3.55. The highest BCUT2D eigenvalue weighted by Gasteiger charge is 2.04. The average Bonchev–Trinajstić information content (AvgIpc) is 2.62. The van der Waals surface area contributed by atoms with E-state index in [0.29, 0.717) is 0 Å². The lowest BCUT2D eigenvalue weighted by Crippen LogP contribution is -1.86. The summed E-state index contributed by atoms with van der Waals surface area (Å²) in [5, 5.41) is 1.95. The van der Waals surface area contributed by atoms with E-state index in [1.807, 2.05) is 24.4 Å². The van der Waals surface area contributed by atoms with Gasteiger partial charge in [0, 0.05) is 42.2 Å². The largest absolute Gasteiger partial charge is 0.365 e. The molecule has 1 N–H and O–H groups in total. The van der Waals surface area contributed by atoms with E-state index < -0.39 is 0 Å². The standard InChI is InChI=1S/C10H11ClNOPS/c11-7-1-2-9-8(5-7)10(6-12-9)15-4-3-13-14/h1-2,5-6,12H,3-4,14H2. The summed E-state index contributed by atoms with van der Waals surface area (Å²) >= 11 is 7.72. The molecule has 2 aromatic rings. The number of halogens is 1. The summed E-state index contributed by atoms with van der Waals surface area (Å²) in [6, 6.07) is 5.87. The molecule has 5 heteroatoms. The van der Waals surface area contributed by atoms with Crippen molar-refractivity contribution in [1.29, 1.82) is 0 Å². The van der Waals surface area contributed by atoms with Crippen molar-refractivity contribution in [3.63, 3.8) is 0 Å². The smallest absolute Gasteiger partial charge is 0.0596 e. The van der Waals surface area contributed by atoms with Gasteiger partial charge in [-0.1, -0.05) is 11.6 Å². The van der Waals surface area contributed by atoms with Gasteiger partial charge in [0.1, 0.15) is 0 Å². The fourth-order valence-electron chi connectivity index (χ4n) is 1.39. The fourth-order valence-corrected chi connectivity index (χ4v) is 2.71. The van der Waals surface area contributed by atoms with Crippen molar-refractivity contribution in [3.05, 3.63) is 29.4 Å². The summed E-state index contributed by atoms with van der Waals surface area (Å²) < 4.78 is 4.94. The van der Waals surface area contributed by atoms with Crippen LogP contribution in [0.4, 0.5) is 0 Å². The molecule has 2 nitrogen and oxygen atoms in total. The Bertz CT molecular complexity index is 460. The summed E-state index contributed by atoms with van der Waals surface area (Å²) in [6.45, 7) is 0.725. The van der Waals surface area contributed by atoms with E-state index in [9.17, 15) is 0 Å². The first-order valence-corrected chi connectivity index (χ1v) is 6.36. The Balaban J connectivity index is 2.23. The molecule has 0 amide bonds. The Hall–Kier alpha value is -0.210. The molecule has 15 heavy (non-hydrogen) atoms.